The summed E-state index contributed by atoms with van der Waals surface area (Å²) in [7, 11) is 0. The van der Waals surface area contributed by atoms with Crippen molar-refractivity contribution >= 4 is 66.4 Å². The Morgan fingerprint density at radius 3 is 2.47 bits per heavy atom. The van der Waals surface area contributed by atoms with Crippen LogP contribution in [0.4, 0.5) is 0 Å². The van der Waals surface area contributed by atoms with Gasteiger partial charge in [0, 0.05) is 0 Å². The fourth-order valence-corrected chi connectivity index (χ4v) is 5.06. The third-order valence-electron chi connectivity index (χ3n) is 2.68. The van der Waals surface area contributed by atoms with Gasteiger partial charge in [-0.1, -0.05) is 36.2 Å². The Bertz CT molecular complexity index is 586. The lowest BCUT2D eigenvalue weighted by molar-refractivity contribution is 0.630. The molecule has 0 aliphatic heterocycles. The van der Waals surface area contributed by atoms with Gasteiger partial charge in [0.15, 0.2) is 0 Å². The molecule has 1 atom stereocenters. The first-order valence-corrected chi connectivity index (χ1v) is 8.81. The highest BCUT2D eigenvalue weighted by Gasteiger charge is 2.19. The minimum absolute atomic E-state index is 0.0942. The highest BCUT2D eigenvalue weighted by molar-refractivity contribution is 9.12. The fraction of sp³-hybridized carbons (Fsp3) is 0.231. The zero-order valence-corrected chi connectivity index (χ0v) is 15.5. The second kappa shape index (κ2) is 6.92. The van der Waals surface area contributed by atoms with E-state index in [0.717, 1.165) is 19.7 Å². The first-order valence-electron chi connectivity index (χ1n) is 5.66. The van der Waals surface area contributed by atoms with Gasteiger partial charge in [-0.15, -0.1) is 11.3 Å². The van der Waals surface area contributed by atoms with Gasteiger partial charge in [-0.05, 0) is 67.7 Å². The number of benzene rings is 1. The van der Waals surface area contributed by atoms with Crippen LogP contribution >= 0.6 is 66.4 Å². The second-order valence-corrected chi connectivity index (χ2v) is 8.51. The zero-order chi connectivity index (χ0) is 14.0. The summed E-state index contributed by atoms with van der Waals surface area (Å²) >= 11 is 20.9. The molecule has 0 bridgehead atoms. The first kappa shape index (κ1) is 15.8. The van der Waals surface area contributed by atoms with Crippen molar-refractivity contribution in [3.8, 4) is 0 Å². The molecule has 0 spiro atoms. The Kier molecular flexibility index (Phi) is 5.76. The topological polar surface area (TPSA) is 12.0 Å². The summed E-state index contributed by atoms with van der Waals surface area (Å²) in [5.41, 5.74) is 2.29. The Morgan fingerprint density at radius 1 is 1.21 bits per heavy atom. The molecular formula is C13H11Br2Cl2NS. The molecule has 6 heteroatoms. The molecule has 0 saturated heterocycles. The Hall–Kier alpha value is 0.420. The predicted octanol–water partition coefficient (Wildman–Crippen LogP) is 6.28. The van der Waals surface area contributed by atoms with Crippen molar-refractivity contribution < 1.29 is 0 Å². The van der Waals surface area contributed by atoms with Crippen LogP contribution in [0.25, 0.3) is 0 Å². The van der Waals surface area contributed by atoms with Gasteiger partial charge in [-0.3, -0.25) is 0 Å². The van der Waals surface area contributed by atoms with E-state index in [9.17, 15) is 0 Å². The molecule has 0 aliphatic carbocycles. The normalized spacial score (nSPS) is 12.7. The summed E-state index contributed by atoms with van der Waals surface area (Å²) in [6, 6.07) is 7.95. The van der Waals surface area contributed by atoms with Crippen LogP contribution in [0.1, 0.15) is 24.1 Å². The molecular weight excluding hydrogens is 433 g/mol. The monoisotopic (exact) mass is 441 g/mol. The smallest absolute Gasteiger partial charge is 0.0761 e. The van der Waals surface area contributed by atoms with Crippen molar-refractivity contribution in [1.82, 2.24) is 5.32 Å². The summed E-state index contributed by atoms with van der Waals surface area (Å²) in [5.74, 6) is 0. The van der Waals surface area contributed by atoms with E-state index in [4.69, 9.17) is 23.2 Å². The van der Waals surface area contributed by atoms with Gasteiger partial charge in [0.05, 0.1) is 23.7 Å². The van der Waals surface area contributed by atoms with E-state index in [-0.39, 0.29) is 6.04 Å². The maximum absolute atomic E-state index is 6.11. The van der Waals surface area contributed by atoms with Crippen LogP contribution in [-0.4, -0.2) is 6.54 Å². The minimum Gasteiger partial charge on any atom is -0.306 e. The molecule has 0 radical (unpaired) electrons. The average Bonchev–Trinajstić information content (AvgIpc) is 2.69. The molecule has 19 heavy (non-hydrogen) atoms. The van der Waals surface area contributed by atoms with Crippen molar-refractivity contribution in [2.24, 2.45) is 0 Å². The quantitative estimate of drug-likeness (QED) is 0.586. The van der Waals surface area contributed by atoms with E-state index in [0.29, 0.717) is 10.0 Å². The van der Waals surface area contributed by atoms with Gasteiger partial charge >= 0.3 is 0 Å². The van der Waals surface area contributed by atoms with Crippen LogP contribution in [0.2, 0.25) is 10.0 Å². The van der Waals surface area contributed by atoms with E-state index >= 15 is 0 Å². The molecule has 102 valence electrons. The summed E-state index contributed by atoms with van der Waals surface area (Å²) in [6.45, 7) is 2.95. The van der Waals surface area contributed by atoms with Crippen LogP contribution in [0.3, 0.4) is 0 Å². The maximum atomic E-state index is 6.11. The zero-order valence-electron chi connectivity index (χ0n) is 10.0. The van der Waals surface area contributed by atoms with Crippen molar-refractivity contribution in [2.75, 3.05) is 6.54 Å². The summed E-state index contributed by atoms with van der Waals surface area (Å²) in [6.07, 6.45) is 0. The molecule has 1 N–H and O–H groups in total. The molecule has 2 rings (SSSR count). The molecule has 1 aromatic heterocycles. The van der Waals surface area contributed by atoms with Crippen LogP contribution in [0.5, 0.6) is 0 Å². The minimum atomic E-state index is 0.0942. The average molecular weight is 444 g/mol. The molecule has 1 unspecified atom stereocenters. The highest BCUT2D eigenvalue weighted by atomic mass is 79.9. The molecule has 0 fully saturated rings. The summed E-state index contributed by atoms with van der Waals surface area (Å²) < 4.78 is 2.20. The molecule has 0 aliphatic rings. The lowest BCUT2D eigenvalue weighted by atomic mass is 10.0. The van der Waals surface area contributed by atoms with E-state index in [1.165, 1.54) is 5.56 Å². The van der Waals surface area contributed by atoms with E-state index < -0.39 is 0 Å². The first-order chi connectivity index (χ1) is 9.02. The van der Waals surface area contributed by atoms with Gasteiger partial charge in [0.25, 0.3) is 0 Å². The van der Waals surface area contributed by atoms with Gasteiger partial charge in [-0.2, -0.15) is 0 Å². The second-order valence-electron chi connectivity index (χ2n) is 3.94. The van der Waals surface area contributed by atoms with Gasteiger partial charge in [0.1, 0.15) is 0 Å². The number of hydrogen-bond acceptors (Lipinski definition) is 2. The molecule has 0 saturated carbocycles. The SMILES string of the molecule is CCNC(c1ccc(Cl)c(Cl)c1)c1cc(Br)sc1Br. The summed E-state index contributed by atoms with van der Waals surface area (Å²) in [4.78, 5) is 0. The largest absolute Gasteiger partial charge is 0.306 e. The number of halogens is 4. The van der Waals surface area contributed by atoms with Gasteiger partial charge in [0.2, 0.25) is 0 Å². The number of nitrogens with one attached hydrogen (secondary N) is 1. The summed E-state index contributed by atoms with van der Waals surface area (Å²) in [5, 5.41) is 4.62. The van der Waals surface area contributed by atoms with Gasteiger partial charge in [-0.25, -0.2) is 0 Å². The molecule has 0 amide bonds. The number of hydrogen-bond donors (Lipinski definition) is 1. The van der Waals surface area contributed by atoms with Gasteiger partial charge < -0.3 is 5.32 Å². The van der Waals surface area contributed by atoms with Crippen molar-refractivity contribution in [3.63, 3.8) is 0 Å². The van der Waals surface area contributed by atoms with E-state index in [1.807, 2.05) is 18.2 Å². The van der Waals surface area contributed by atoms with Crippen molar-refractivity contribution in [2.45, 2.75) is 13.0 Å². The van der Waals surface area contributed by atoms with E-state index in [2.05, 4.69) is 50.2 Å². The number of rotatable bonds is 4. The van der Waals surface area contributed by atoms with Crippen LogP contribution in [0, 0.1) is 0 Å². The van der Waals surface area contributed by atoms with Crippen LogP contribution < -0.4 is 5.32 Å². The third-order valence-corrected chi connectivity index (χ3v) is 5.80. The Balaban J connectivity index is 2.44. The Morgan fingerprint density at radius 2 is 1.95 bits per heavy atom. The lowest BCUT2D eigenvalue weighted by Crippen LogP contribution is -2.21. The standard InChI is InChI=1S/C13H11Br2Cl2NS/c1-2-18-12(8-6-11(14)19-13(8)15)7-3-4-9(16)10(17)5-7/h3-6,12,18H,2H2,1H3. The third kappa shape index (κ3) is 3.74. The maximum Gasteiger partial charge on any atom is 0.0761 e. The highest BCUT2D eigenvalue weighted by Crippen LogP contribution is 2.38. The van der Waals surface area contributed by atoms with Crippen LogP contribution in [-0.2, 0) is 0 Å². The van der Waals surface area contributed by atoms with Crippen LogP contribution in [0.15, 0.2) is 31.8 Å². The predicted molar refractivity (Wildman–Crippen MR) is 91.7 cm³/mol. The Labute approximate surface area is 143 Å². The molecule has 1 aromatic carbocycles. The lowest BCUT2D eigenvalue weighted by Gasteiger charge is -2.18. The molecule has 2 aromatic rings. The van der Waals surface area contributed by atoms with E-state index in [1.54, 1.807) is 11.3 Å². The molecule has 1 heterocycles. The fourth-order valence-electron chi connectivity index (χ4n) is 1.85. The number of thiophene rings is 1. The molecule has 1 nitrogen and oxygen atoms in total. The van der Waals surface area contributed by atoms with Crippen molar-refractivity contribution in [1.29, 1.82) is 0 Å². The van der Waals surface area contributed by atoms with Crippen molar-refractivity contribution in [3.05, 3.63) is 53.0 Å².